The molecule has 0 spiro atoms. The predicted octanol–water partition coefficient (Wildman–Crippen LogP) is 0.0525. The van der Waals surface area contributed by atoms with Gasteiger partial charge in [-0.3, -0.25) is 4.79 Å². The highest BCUT2D eigenvalue weighted by atomic mass is 16.5. The average molecular weight is 199 g/mol. The van der Waals surface area contributed by atoms with Crippen LogP contribution in [0.25, 0.3) is 0 Å². The van der Waals surface area contributed by atoms with Gasteiger partial charge in [-0.25, -0.2) is 0 Å². The van der Waals surface area contributed by atoms with Crippen LogP contribution in [-0.2, 0) is 9.53 Å². The van der Waals surface area contributed by atoms with Gasteiger partial charge in [-0.15, -0.1) is 0 Å². The van der Waals surface area contributed by atoms with Gasteiger partial charge in [0.1, 0.15) is 0 Å². The van der Waals surface area contributed by atoms with Crippen LogP contribution < -0.4 is 5.32 Å². The van der Waals surface area contributed by atoms with Gasteiger partial charge in [-0.2, -0.15) is 0 Å². The summed E-state index contributed by atoms with van der Waals surface area (Å²) in [5.41, 5.74) is -0.520. The molecule has 4 heteroatoms. The molecule has 2 bridgehead atoms. The van der Waals surface area contributed by atoms with Gasteiger partial charge in [-0.1, -0.05) is 13.8 Å². The quantitative estimate of drug-likeness (QED) is 0.675. The van der Waals surface area contributed by atoms with Crippen LogP contribution in [0.1, 0.15) is 26.7 Å². The number of aliphatic hydroxyl groups excluding tert-OH is 1. The summed E-state index contributed by atoms with van der Waals surface area (Å²) in [5.74, 6) is 0.0798. The Hall–Kier alpha value is -0.610. The van der Waals surface area contributed by atoms with Gasteiger partial charge in [0.05, 0.1) is 24.4 Å². The van der Waals surface area contributed by atoms with E-state index in [-0.39, 0.29) is 29.6 Å². The van der Waals surface area contributed by atoms with Crippen LogP contribution in [0.4, 0.5) is 0 Å². The van der Waals surface area contributed by atoms with Crippen LogP contribution >= 0.6 is 0 Å². The van der Waals surface area contributed by atoms with E-state index in [9.17, 15) is 4.79 Å². The molecule has 2 N–H and O–H groups in total. The Morgan fingerprint density at radius 3 is 2.64 bits per heavy atom. The first-order chi connectivity index (χ1) is 6.51. The predicted molar refractivity (Wildman–Crippen MR) is 50.7 cm³/mol. The molecule has 1 aliphatic carbocycles. The van der Waals surface area contributed by atoms with Gasteiger partial charge in [0, 0.05) is 18.8 Å². The molecule has 0 aromatic rings. The second-order valence-corrected chi connectivity index (χ2v) is 4.91. The minimum atomic E-state index is -0.343. The highest BCUT2D eigenvalue weighted by Gasteiger charge is 2.62. The molecular weight excluding hydrogens is 182 g/mol. The SMILES string of the molecule is CC(C)C(=O)NC12COC(CO)(C1)C2. The number of rotatable bonds is 3. The monoisotopic (exact) mass is 199 g/mol. The fourth-order valence-corrected chi connectivity index (χ4v) is 2.36. The van der Waals surface area contributed by atoms with Crippen LogP contribution in [0.15, 0.2) is 0 Å². The molecule has 14 heavy (non-hydrogen) atoms. The van der Waals surface area contributed by atoms with Crippen molar-refractivity contribution in [2.75, 3.05) is 13.2 Å². The zero-order chi connectivity index (χ0) is 10.4. The van der Waals surface area contributed by atoms with E-state index in [2.05, 4.69) is 5.32 Å². The third-order valence-corrected chi connectivity index (χ3v) is 3.18. The number of carbonyl (C=O) groups is 1. The van der Waals surface area contributed by atoms with E-state index >= 15 is 0 Å². The third-order valence-electron chi connectivity index (χ3n) is 3.18. The number of aliphatic hydroxyl groups is 1. The maximum Gasteiger partial charge on any atom is 0.223 e. The summed E-state index contributed by atoms with van der Waals surface area (Å²) in [5, 5.41) is 12.1. The molecule has 0 atom stereocenters. The lowest BCUT2D eigenvalue weighted by atomic mass is 9.68. The molecule has 80 valence electrons. The number of carbonyl (C=O) groups excluding carboxylic acids is 1. The van der Waals surface area contributed by atoms with Gasteiger partial charge in [0.15, 0.2) is 0 Å². The molecule has 0 aromatic heterocycles. The summed E-state index contributed by atoms with van der Waals surface area (Å²) in [7, 11) is 0. The fraction of sp³-hybridized carbons (Fsp3) is 0.900. The van der Waals surface area contributed by atoms with E-state index in [0.29, 0.717) is 6.61 Å². The van der Waals surface area contributed by atoms with Gasteiger partial charge in [0.25, 0.3) is 0 Å². The van der Waals surface area contributed by atoms with E-state index in [1.165, 1.54) is 0 Å². The number of fused-ring (bicyclic) bond motifs is 1. The Bertz CT molecular complexity index is 256. The molecule has 0 radical (unpaired) electrons. The van der Waals surface area contributed by atoms with Crippen LogP contribution in [0.2, 0.25) is 0 Å². The van der Waals surface area contributed by atoms with E-state index < -0.39 is 0 Å². The van der Waals surface area contributed by atoms with Crippen molar-refractivity contribution < 1.29 is 14.6 Å². The lowest BCUT2D eigenvalue weighted by Gasteiger charge is -2.44. The average Bonchev–Trinajstić information content (AvgIpc) is 2.59. The van der Waals surface area contributed by atoms with Crippen molar-refractivity contribution in [1.29, 1.82) is 0 Å². The zero-order valence-electron chi connectivity index (χ0n) is 8.67. The Labute approximate surface area is 83.6 Å². The topological polar surface area (TPSA) is 58.6 Å². The first kappa shape index (κ1) is 9.93. The van der Waals surface area contributed by atoms with E-state index in [1.807, 2.05) is 13.8 Å². The molecule has 3 aliphatic rings. The Morgan fingerprint density at radius 1 is 1.57 bits per heavy atom. The Kier molecular flexibility index (Phi) is 2.08. The smallest absolute Gasteiger partial charge is 0.223 e. The Morgan fingerprint density at radius 2 is 2.21 bits per heavy atom. The second kappa shape index (κ2) is 2.94. The summed E-state index contributed by atoms with van der Waals surface area (Å²) in [6, 6.07) is 0. The van der Waals surface area contributed by atoms with Crippen LogP contribution in [0.5, 0.6) is 0 Å². The number of amides is 1. The molecular formula is C10H17NO3. The Balaban J connectivity index is 1.94. The fourth-order valence-electron chi connectivity index (χ4n) is 2.36. The number of ether oxygens (including phenoxy) is 1. The van der Waals surface area contributed by atoms with Crippen LogP contribution in [-0.4, -0.2) is 35.4 Å². The molecule has 1 amide bonds. The highest BCUT2D eigenvalue weighted by molar-refractivity contribution is 5.79. The minimum absolute atomic E-state index is 0.00843. The first-order valence-corrected chi connectivity index (χ1v) is 5.08. The maximum atomic E-state index is 11.5. The maximum absolute atomic E-state index is 11.5. The van der Waals surface area contributed by atoms with Crippen LogP contribution in [0.3, 0.4) is 0 Å². The summed E-state index contributed by atoms with van der Waals surface area (Å²) in [4.78, 5) is 11.5. The van der Waals surface area contributed by atoms with Gasteiger partial charge < -0.3 is 15.2 Å². The standard InChI is InChI=1S/C10H17NO3/c1-7(2)8(13)11-9-3-10(4-9,5-12)14-6-9/h7,12H,3-6H2,1-2H3,(H,11,13). The van der Waals surface area contributed by atoms with Crippen molar-refractivity contribution in [2.24, 2.45) is 5.92 Å². The normalized spacial score (nSPS) is 39.7. The highest BCUT2D eigenvalue weighted by Crippen LogP contribution is 2.51. The van der Waals surface area contributed by atoms with Crippen molar-refractivity contribution in [3.63, 3.8) is 0 Å². The molecule has 0 aromatic carbocycles. The lowest BCUT2D eigenvalue weighted by molar-refractivity contribution is -0.127. The zero-order valence-corrected chi connectivity index (χ0v) is 8.67. The van der Waals surface area contributed by atoms with Crippen molar-refractivity contribution in [1.82, 2.24) is 5.32 Å². The summed E-state index contributed by atoms with van der Waals surface area (Å²) >= 11 is 0. The number of hydrogen-bond donors (Lipinski definition) is 2. The van der Waals surface area contributed by atoms with E-state index in [4.69, 9.17) is 9.84 Å². The molecule has 3 rings (SSSR count). The second-order valence-electron chi connectivity index (χ2n) is 4.91. The summed E-state index contributed by atoms with van der Waals surface area (Å²) in [6.07, 6.45) is 1.52. The van der Waals surface area contributed by atoms with Crippen molar-refractivity contribution in [3.05, 3.63) is 0 Å². The molecule has 3 fully saturated rings. The minimum Gasteiger partial charge on any atom is -0.393 e. The molecule has 1 saturated carbocycles. The third kappa shape index (κ3) is 1.33. The van der Waals surface area contributed by atoms with Crippen molar-refractivity contribution >= 4 is 5.91 Å². The van der Waals surface area contributed by atoms with Crippen LogP contribution in [0, 0.1) is 5.92 Å². The molecule has 2 heterocycles. The van der Waals surface area contributed by atoms with Crippen molar-refractivity contribution in [3.8, 4) is 0 Å². The van der Waals surface area contributed by atoms with Gasteiger partial charge in [0.2, 0.25) is 5.91 Å². The number of hydrogen-bond acceptors (Lipinski definition) is 3. The largest absolute Gasteiger partial charge is 0.393 e. The molecule has 2 saturated heterocycles. The van der Waals surface area contributed by atoms with Gasteiger partial charge in [-0.05, 0) is 0 Å². The lowest BCUT2D eigenvalue weighted by Crippen LogP contribution is -2.61. The molecule has 2 aliphatic heterocycles. The summed E-state index contributed by atoms with van der Waals surface area (Å²) < 4.78 is 5.48. The molecule has 4 nitrogen and oxygen atoms in total. The first-order valence-electron chi connectivity index (χ1n) is 5.08. The summed E-state index contributed by atoms with van der Waals surface area (Å²) in [6.45, 7) is 4.36. The van der Waals surface area contributed by atoms with Gasteiger partial charge >= 0.3 is 0 Å². The van der Waals surface area contributed by atoms with E-state index in [1.54, 1.807) is 0 Å². The molecule has 0 unspecified atom stereocenters. The number of nitrogens with one attached hydrogen (secondary N) is 1. The van der Waals surface area contributed by atoms with E-state index in [0.717, 1.165) is 12.8 Å². The van der Waals surface area contributed by atoms with Crippen molar-refractivity contribution in [2.45, 2.75) is 37.8 Å².